The Labute approximate surface area is 144 Å². The fourth-order valence-electron chi connectivity index (χ4n) is 3.22. The minimum Gasteiger partial charge on any atom is -0.334 e. The molecule has 3 rings (SSSR count). The highest BCUT2D eigenvalue weighted by Crippen LogP contribution is 2.30. The van der Waals surface area contributed by atoms with E-state index in [1.807, 2.05) is 6.07 Å². The molecule has 1 aliphatic rings. The average molecular weight is 322 g/mol. The molecule has 1 unspecified atom stereocenters. The van der Waals surface area contributed by atoms with E-state index >= 15 is 0 Å². The van der Waals surface area contributed by atoms with Crippen molar-refractivity contribution in [2.75, 3.05) is 0 Å². The Kier molecular flexibility index (Phi) is 4.61. The molecule has 0 saturated carbocycles. The smallest absolute Gasteiger partial charge is 0.315 e. The number of carbonyl (C=O) groups excluding carboxylic acids is 1. The van der Waals surface area contributed by atoms with Crippen molar-refractivity contribution in [1.82, 2.24) is 10.6 Å². The molecular weight excluding hydrogens is 296 g/mol. The van der Waals surface area contributed by atoms with Crippen LogP contribution in [0.4, 0.5) is 4.79 Å². The number of benzene rings is 2. The second kappa shape index (κ2) is 6.68. The summed E-state index contributed by atoms with van der Waals surface area (Å²) in [6.45, 7) is 7.15. The Balaban J connectivity index is 1.53. The van der Waals surface area contributed by atoms with E-state index in [0.29, 0.717) is 6.54 Å². The van der Waals surface area contributed by atoms with Crippen LogP contribution < -0.4 is 10.6 Å². The molecule has 0 fully saturated rings. The Bertz CT molecular complexity index is 713. The first-order chi connectivity index (χ1) is 11.4. The molecule has 3 nitrogen and oxygen atoms in total. The van der Waals surface area contributed by atoms with Crippen LogP contribution in [-0.4, -0.2) is 6.03 Å². The molecule has 1 aliphatic carbocycles. The van der Waals surface area contributed by atoms with E-state index in [1.165, 1.54) is 16.7 Å². The van der Waals surface area contributed by atoms with Gasteiger partial charge in [0.15, 0.2) is 0 Å². The normalized spacial score (nSPS) is 16.5. The number of rotatable bonds is 3. The van der Waals surface area contributed by atoms with Gasteiger partial charge in [-0.05, 0) is 40.5 Å². The van der Waals surface area contributed by atoms with Gasteiger partial charge >= 0.3 is 6.03 Å². The maximum absolute atomic E-state index is 12.2. The second-order valence-corrected chi connectivity index (χ2v) is 7.56. The first-order valence-electron chi connectivity index (χ1n) is 8.65. The number of carbonyl (C=O) groups is 1. The predicted octanol–water partition coefficient (Wildman–Crippen LogP) is 4.47. The van der Waals surface area contributed by atoms with Crippen LogP contribution in [0.15, 0.2) is 48.5 Å². The zero-order valence-corrected chi connectivity index (χ0v) is 14.7. The maximum atomic E-state index is 12.2. The third-order valence-corrected chi connectivity index (χ3v) is 4.71. The number of amides is 2. The van der Waals surface area contributed by atoms with Gasteiger partial charge in [0.25, 0.3) is 0 Å². The summed E-state index contributed by atoms with van der Waals surface area (Å²) in [4.78, 5) is 12.2. The van der Waals surface area contributed by atoms with Gasteiger partial charge in [-0.2, -0.15) is 0 Å². The lowest BCUT2D eigenvalue weighted by Gasteiger charge is -2.19. The molecule has 0 radical (unpaired) electrons. The standard InChI is InChI=1S/C21H26N2O/c1-21(2,3)17-11-8-15(9-12-17)14-22-20(24)23-19-13-10-16-6-4-5-7-18(16)19/h4-9,11-12,19H,10,13-14H2,1-3H3,(H2,22,23,24). The largest absolute Gasteiger partial charge is 0.334 e. The highest BCUT2D eigenvalue weighted by molar-refractivity contribution is 5.74. The zero-order chi connectivity index (χ0) is 17.2. The van der Waals surface area contributed by atoms with Crippen LogP contribution in [-0.2, 0) is 18.4 Å². The number of nitrogens with one attached hydrogen (secondary N) is 2. The van der Waals surface area contributed by atoms with Gasteiger partial charge in [0.1, 0.15) is 0 Å². The number of aryl methyl sites for hydroxylation is 1. The summed E-state index contributed by atoms with van der Waals surface area (Å²) in [7, 11) is 0. The summed E-state index contributed by atoms with van der Waals surface area (Å²) in [6.07, 6.45) is 2.02. The number of urea groups is 1. The van der Waals surface area contributed by atoms with Gasteiger partial charge in [-0.15, -0.1) is 0 Å². The van der Waals surface area contributed by atoms with Crippen LogP contribution in [0.2, 0.25) is 0 Å². The predicted molar refractivity (Wildman–Crippen MR) is 98.0 cm³/mol. The minimum absolute atomic E-state index is 0.100. The molecule has 1 atom stereocenters. The van der Waals surface area contributed by atoms with E-state index in [-0.39, 0.29) is 17.5 Å². The first-order valence-corrected chi connectivity index (χ1v) is 8.65. The highest BCUT2D eigenvalue weighted by Gasteiger charge is 2.23. The lowest BCUT2D eigenvalue weighted by atomic mass is 9.87. The third kappa shape index (κ3) is 3.78. The Morgan fingerprint density at radius 2 is 1.79 bits per heavy atom. The van der Waals surface area contributed by atoms with Gasteiger partial charge in [-0.25, -0.2) is 4.79 Å². The van der Waals surface area contributed by atoms with Gasteiger partial charge in [-0.1, -0.05) is 69.3 Å². The molecule has 0 aliphatic heterocycles. The molecule has 3 heteroatoms. The van der Waals surface area contributed by atoms with Crippen molar-refractivity contribution in [3.63, 3.8) is 0 Å². The van der Waals surface area contributed by atoms with E-state index in [1.54, 1.807) is 0 Å². The number of fused-ring (bicyclic) bond motifs is 1. The van der Waals surface area contributed by atoms with Crippen LogP contribution in [0, 0.1) is 0 Å². The van der Waals surface area contributed by atoms with E-state index in [0.717, 1.165) is 18.4 Å². The van der Waals surface area contributed by atoms with Crippen molar-refractivity contribution >= 4 is 6.03 Å². The van der Waals surface area contributed by atoms with Crippen LogP contribution in [0.5, 0.6) is 0 Å². The van der Waals surface area contributed by atoms with Gasteiger partial charge in [0.05, 0.1) is 6.04 Å². The van der Waals surface area contributed by atoms with Crippen molar-refractivity contribution in [2.45, 2.75) is 51.6 Å². The van der Waals surface area contributed by atoms with Crippen molar-refractivity contribution in [3.8, 4) is 0 Å². The molecule has 2 aromatic carbocycles. The summed E-state index contributed by atoms with van der Waals surface area (Å²) < 4.78 is 0. The lowest BCUT2D eigenvalue weighted by Crippen LogP contribution is -2.36. The molecule has 2 aromatic rings. The first kappa shape index (κ1) is 16.6. The molecule has 126 valence electrons. The molecular formula is C21H26N2O. The van der Waals surface area contributed by atoms with Gasteiger partial charge in [-0.3, -0.25) is 0 Å². The Hall–Kier alpha value is -2.29. The average Bonchev–Trinajstić information content (AvgIpc) is 2.96. The zero-order valence-electron chi connectivity index (χ0n) is 14.7. The summed E-state index contributed by atoms with van der Waals surface area (Å²) in [6, 6.07) is 16.8. The van der Waals surface area contributed by atoms with E-state index in [2.05, 4.69) is 73.9 Å². The van der Waals surface area contributed by atoms with E-state index in [9.17, 15) is 4.79 Å². The van der Waals surface area contributed by atoms with Gasteiger partial charge < -0.3 is 10.6 Å². The van der Waals surface area contributed by atoms with Crippen LogP contribution in [0.25, 0.3) is 0 Å². The number of hydrogen-bond donors (Lipinski definition) is 2. The Morgan fingerprint density at radius 1 is 1.08 bits per heavy atom. The van der Waals surface area contributed by atoms with Crippen LogP contribution in [0.1, 0.15) is 55.5 Å². The molecule has 0 spiro atoms. The molecule has 2 N–H and O–H groups in total. The second-order valence-electron chi connectivity index (χ2n) is 7.56. The third-order valence-electron chi connectivity index (χ3n) is 4.71. The summed E-state index contributed by atoms with van der Waals surface area (Å²) >= 11 is 0. The fraction of sp³-hybridized carbons (Fsp3) is 0.381. The van der Waals surface area contributed by atoms with E-state index < -0.39 is 0 Å². The molecule has 24 heavy (non-hydrogen) atoms. The molecule has 2 amide bonds. The molecule has 0 bridgehead atoms. The van der Waals surface area contributed by atoms with Gasteiger partial charge in [0, 0.05) is 6.54 Å². The molecule has 0 heterocycles. The van der Waals surface area contributed by atoms with E-state index in [4.69, 9.17) is 0 Å². The quantitative estimate of drug-likeness (QED) is 0.860. The summed E-state index contributed by atoms with van der Waals surface area (Å²) in [5, 5.41) is 6.06. The SMILES string of the molecule is CC(C)(C)c1ccc(CNC(=O)NC2CCc3ccccc32)cc1. The highest BCUT2D eigenvalue weighted by atomic mass is 16.2. The van der Waals surface area contributed by atoms with Crippen molar-refractivity contribution in [2.24, 2.45) is 0 Å². The van der Waals surface area contributed by atoms with Crippen LogP contribution in [0.3, 0.4) is 0 Å². The summed E-state index contributed by atoms with van der Waals surface area (Å²) in [5.74, 6) is 0. The van der Waals surface area contributed by atoms with Crippen molar-refractivity contribution in [1.29, 1.82) is 0 Å². The lowest BCUT2D eigenvalue weighted by molar-refractivity contribution is 0.236. The monoisotopic (exact) mass is 322 g/mol. The maximum Gasteiger partial charge on any atom is 0.315 e. The Morgan fingerprint density at radius 3 is 2.50 bits per heavy atom. The topological polar surface area (TPSA) is 41.1 Å². The van der Waals surface area contributed by atoms with Crippen molar-refractivity contribution in [3.05, 3.63) is 70.8 Å². The summed E-state index contributed by atoms with van der Waals surface area (Å²) in [5.41, 5.74) is 5.17. The van der Waals surface area contributed by atoms with Gasteiger partial charge in [0.2, 0.25) is 0 Å². The minimum atomic E-state index is -0.100. The fourth-order valence-corrected chi connectivity index (χ4v) is 3.22. The van der Waals surface area contributed by atoms with Crippen LogP contribution >= 0.6 is 0 Å². The molecule has 0 saturated heterocycles. The molecule has 0 aromatic heterocycles. The van der Waals surface area contributed by atoms with Crippen molar-refractivity contribution < 1.29 is 4.79 Å². The number of hydrogen-bond acceptors (Lipinski definition) is 1.